The smallest absolute Gasteiger partial charge is 0.164 e. The summed E-state index contributed by atoms with van der Waals surface area (Å²) in [6.45, 7) is 3.68. The van der Waals surface area contributed by atoms with Crippen LogP contribution < -0.4 is 0 Å². The molecule has 1 aromatic carbocycles. The van der Waals surface area contributed by atoms with Crippen molar-refractivity contribution in [3.05, 3.63) is 56.2 Å². The van der Waals surface area contributed by atoms with Crippen LogP contribution in [0.15, 0.2) is 39.5 Å². The van der Waals surface area contributed by atoms with Crippen molar-refractivity contribution in [3.63, 3.8) is 0 Å². The van der Waals surface area contributed by atoms with Crippen LogP contribution >= 0.6 is 27.3 Å². The molecule has 1 aromatic heterocycles. The topological polar surface area (TPSA) is 20.3 Å². The molecular formula is C16H18BrNOS. The second-order valence-corrected chi connectivity index (χ2v) is 7.33. The van der Waals surface area contributed by atoms with Gasteiger partial charge in [-0.15, -0.1) is 11.3 Å². The Morgan fingerprint density at radius 3 is 2.60 bits per heavy atom. The first-order chi connectivity index (χ1) is 9.54. The van der Waals surface area contributed by atoms with Crippen molar-refractivity contribution < 1.29 is 4.79 Å². The van der Waals surface area contributed by atoms with Gasteiger partial charge in [0.05, 0.1) is 3.79 Å². The Kier molecular flexibility index (Phi) is 5.52. The quantitative estimate of drug-likeness (QED) is 0.713. The van der Waals surface area contributed by atoms with Crippen LogP contribution in [0.4, 0.5) is 0 Å². The highest BCUT2D eigenvalue weighted by Crippen LogP contribution is 2.21. The third-order valence-electron chi connectivity index (χ3n) is 3.17. The number of hydrogen-bond acceptors (Lipinski definition) is 3. The van der Waals surface area contributed by atoms with Gasteiger partial charge in [-0.05, 0) is 46.9 Å². The van der Waals surface area contributed by atoms with E-state index >= 15 is 0 Å². The molecule has 0 aliphatic rings. The number of rotatable bonds is 6. The maximum atomic E-state index is 12.1. The van der Waals surface area contributed by atoms with Gasteiger partial charge >= 0.3 is 0 Å². The van der Waals surface area contributed by atoms with Gasteiger partial charge in [0.15, 0.2) is 5.78 Å². The summed E-state index contributed by atoms with van der Waals surface area (Å²) >= 11 is 5.16. The minimum atomic E-state index is 0.211. The molecule has 0 radical (unpaired) electrons. The van der Waals surface area contributed by atoms with Crippen LogP contribution in [0.1, 0.15) is 27.9 Å². The summed E-state index contributed by atoms with van der Waals surface area (Å²) in [6.07, 6.45) is 0.560. The van der Waals surface area contributed by atoms with Crippen LogP contribution in [-0.4, -0.2) is 24.3 Å². The highest BCUT2D eigenvalue weighted by molar-refractivity contribution is 9.11. The van der Waals surface area contributed by atoms with Crippen molar-refractivity contribution in [2.75, 3.05) is 13.6 Å². The largest absolute Gasteiger partial charge is 0.302 e. The van der Waals surface area contributed by atoms with E-state index in [2.05, 4.69) is 32.3 Å². The number of aryl methyl sites for hydroxylation is 1. The fourth-order valence-corrected chi connectivity index (χ4v) is 3.20. The molecule has 0 bridgehead atoms. The zero-order valence-electron chi connectivity index (χ0n) is 11.7. The molecular weight excluding hydrogens is 334 g/mol. The van der Waals surface area contributed by atoms with E-state index in [1.165, 1.54) is 11.1 Å². The van der Waals surface area contributed by atoms with Gasteiger partial charge in [0.25, 0.3) is 0 Å². The molecule has 0 atom stereocenters. The third kappa shape index (κ3) is 4.54. The van der Waals surface area contributed by atoms with E-state index in [0.29, 0.717) is 6.42 Å². The molecule has 106 valence electrons. The van der Waals surface area contributed by atoms with Gasteiger partial charge in [0, 0.05) is 25.1 Å². The maximum Gasteiger partial charge on any atom is 0.164 e. The van der Waals surface area contributed by atoms with E-state index < -0.39 is 0 Å². The first-order valence-electron chi connectivity index (χ1n) is 6.56. The van der Waals surface area contributed by atoms with Crippen LogP contribution in [0.3, 0.4) is 0 Å². The average molecular weight is 352 g/mol. The Balaban J connectivity index is 1.82. The van der Waals surface area contributed by atoms with Gasteiger partial charge in [-0.3, -0.25) is 4.79 Å². The van der Waals surface area contributed by atoms with Gasteiger partial charge in [-0.25, -0.2) is 0 Å². The lowest BCUT2D eigenvalue weighted by atomic mass is 10.1. The highest BCUT2D eigenvalue weighted by Gasteiger charge is 2.08. The fourth-order valence-electron chi connectivity index (χ4n) is 2.00. The Bertz CT molecular complexity index is 576. The van der Waals surface area contributed by atoms with Crippen molar-refractivity contribution in [2.45, 2.75) is 19.9 Å². The van der Waals surface area contributed by atoms with Crippen molar-refractivity contribution in [2.24, 2.45) is 0 Å². The third-order valence-corrected chi connectivity index (χ3v) is 4.72. The summed E-state index contributed by atoms with van der Waals surface area (Å²) in [6, 6.07) is 9.92. The molecule has 2 nitrogen and oxygen atoms in total. The molecule has 2 rings (SSSR count). The van der Waals surface area contributed by atoms with E-state index in [1.54, 1.807) is 11.3 Å². The van der Waals surface area contributed by atoms with Crippen LogP contribution in [0.2, 0.25) is 0 Å². The van der Waals surface area contributed by atoms with E-state index in [1.807, 2.05) is 38.2 Å². The van der Waals surface area contributed by atoms with Gasteiger partial charge in [0.2, 0.25) is 0 Å². The molecule has 0 aliphatic carbocycles. The molecule has 0 N–H and O–H groups in total. The number of nitrogens with zero attached hydrogens (tertiary/aromatic N) is 1. The highest BCUT2D eigenvalue weighted by atomic mass is 79.9. The lowest BCUT2D eigenvalue weighted by Gasteiger charge is -2.15. The summed E-state index contributed by atoms with van der Waals surface area (Å²) in [5.41, 5.74) is 3.27. The first kappa shape index (κ1) is 15.4. The number of benzene rings is 1. The lowest BCUT2D eigenvalue weighted by Crippen LogP contribution is -2.21. The van der Waals surface area contributed by atoms with Gasteiger partial charge in [-0.2, -0.15) is 0 Å². The number of hydrogen-bond donors (Lipinski definition) is 0. The number of ketones is 1. The number of carbonyl (C=O) groups excluding carboxylic acids is 1. The summed E-state index contributed by atoms with van der Waals surface area (Å²) in [5, 5.41) is 2.14. The molecule has 0 unspecified atom stereocenters. The molecule has 20 heavy (non-hydrogen) atoms. The molecule has 4 heteroatoms. The fraction of sp³-hybridized carbons (Fsp3) is 0.312. The SMILES string of the molecule is Cc1ccc(C(=O)CCN(C)Cc2csc(Br)c2)cc1. The van der Waals surface area contributed by atoms with Gasteiger partial charge in [-0.1, -0.05) is 29.8 Å². The standard InChI is InChI=1S/C16H18BrNOS/c1-12-3-5-14(6-4-12)15(19)7-8-18(2)10-13-9-16(17)20-11-13/h3-6,9,11H,7-8,10H2,1-2H3. The van der Waals surface area contributed by atoms with Crippen molar-refractivity contribution in [1.29, 1.82) is 0 Å². The average Bonchev–Trinajstić information content (AvgIpc) is 2.82. The number of Topliss-reactive ketones (excluding diaryl/α,β-unsaturated/α-hetero) is 1. The number of halogens is 1. The summed E-state index contributed by atoms with van der Waals surface area (Å²) in [7, 11) is 2.05. The van der Waals surface area contributed by atoms with Gasteiger partial charge in [0.1, 0.15) is 0 Å². The molecule has 2 aromatic rings. The van der Waals surface area contributed by atoms with Crippen molar-refractivity contribution in [3.8, 4) is 0 Å². The maximum absolute atomic E-state index is 12.1. The summed E-state index contributed by atoms with van der Waals surface area (Å²) < 4.78 is 1.15. The molecule has 0 amide bonds. The van der Waals surface area contributed by atoms with Crippen LogP contribution in [0.5, 0.6) is 0 Å². The predicted octanol–water partition coefficient (Wildman–Crippen LogP) is 4.52. The van der Waals surface area contributed by atoms with Crippen molar-refractivity contribution in [1.82, 2.24) is 4.90 Å². The van der Waals surface area contributed by atoms with E-state index in [9.17, 15) is 4.79 Å². The number of thiophene rings is 1. The zero-order valence-corrected chi connectivity index (χ0v) is 14.1. The Morgan fingerprint density at radius 1 is 1.30 bits per heavy atom. The molecule has 0 saturated heterocycles. The molecule has 0 spiro atoms. The second kappa shape index (κ2) is 7.16. The number of carbonyl (C=O) groups is 1. The van der Waals surface area contributed by atoms with Crippen LogP contribution in [0.25, 0.3) is 0 Å². The van der Waals surface area contributed by atoms with Crippen LogP contribution in [-0.2, 0) is 6.54 Å². The lowest BCUT2D eigenvalue weighted by molar-refractivity contribution is 0.0968. The normalized spacial score (nSPS) is 11.0. The second-order valence-electron chi connectivity index (χ2n) is 5.04. The van der Waals surface area contributed by atoms with E-state index in [0.717, 1.165) is 22.4 Å². The minimum Gasteiger partial charge on any atom is -0.302 e. The van der Waals surface area contributed by atoms with Gasteiger partial charge < -0.3 is 4.90 Å². The van der Waals surface area contributed by atoms with E-state index in [4.69, 9.17) is 0 Å². The molecule has 1 heterocycles. The minimum absolute atomic E-state index is 0.211. The molecule has 0 fully saturated rings. The molecule has 0 saturated carbocycles. The molecule has 0 aliphatic heterocycles. The predicted molar refractivity (Wildman–Crippen MR) is 88.5 cm³/mol. The Hall–Kier alpha value is -0.970. The summed E-state index contributed by atoms with van der Waals surface area (Å²) in [4.78, 5) is 14.3. The zero-order chi connectivity index (χ0) is 14.5. The Labute approximate surface area is 132 Å². The first-order valence-corrected chi connectivity index (χ1v) is 8.23. The Morgan fingerprint density at radius 2 is 2.00 bits per heavy atom. The van der Waals surface area contributed by atoms with E-state index in [-0.39, 0.29) is 5.78 Å². The monoisotopic (exact) mass is 351 g/mol. The van der Waals surface area contributed by atoms with Crippen molar-refractivity contribution >= 4 is 33.0 Å². The summed E-state index contributed by atoms with van der Waals surface area (Å²) in [5.74, 6) is 0.211. The van der Waals surface area contributed by atoms with Crippen LogP contribution in [0, 0.1) is 6.92 Å².